The second-order valence-corrected chi connectivity index (χ2v) is 3.75. The second-order valence-electron chi connectivity index (χ2n) is 2.83. The van der Waals surface area contributed by atoms with Crippen molar-refractivity contribution < 1.29 is 0 Å². The van der Waals surface area contributed by atoms with Crippen LogP contribution in [0.5, 0.6) is 0 Å². The van der Waals surface area contributed by atoms with E-state index in [1.807, 2.05) is 12.1 Å². The molecule has 1 aromatic rings. The van der Waals surface area contributed by atoms with Gasteiger partial charge >= 0.3 is 0 Å². The standard InChI is InChI=1S/C9H13BrN2/c10-8-3-1-2-7(4-8)5-9(12)6-11/h1-4,9H,5-6,11-12H2/t9-/m0/s1. The van der Waals surface area contributed by atoms with E-state index in [1.165, 1.54) is 5.56 Å². The Kier molecular flexibility index (Phi) is 3.72. The number of rotatable bonds is 3. The predicted octanol–water partition coefficient (Wildman–Crippen LogP) is 1.28. The number of halogens is 1. The number of benzene rings is 1. The van der Waals surface area contributed by atoms with Gasteiger partial charge in [-0.2, -0.15) is 0 Å². The first-order valence-corrected chi connectivity index (χ1v) is 4.71. The summed E-state index contributed by atoms with van der Waals surface area (Å²) in [6.45, 7) is 0.534. The Hall–Kier alpha value is -0.380. The van der Waals surface area contributed by atoms with Crippen LogP contribution in [0.2, 0.25) is 0 Å². The van der Waals surface area contributed by atoms with Crippen LogP contribution in [0.15, 0.2) is 28.7 Å². The zero-order chi connectivity index (χ0) is 8.97. The van der Waals surface area contributed by atoms with Crippen LogP contribution in [0.25, 0.3) is 0 Å². The molecule has 1 rings (SSSR count). The van der Waals surface area contributed by atoms with Gasteiger partial charge in [0, 0.05) is 17.1 Å². The van der Waals surface area contributed by atoms with E-state index in [1.54, 1.807) is 0 Å². The van der Waals surface area contributed by atoms with Crippen LogP contribution in [-0.4, -0.2) is 12.6 Å². The molecule has 1 aromatic carbocycles. The Labute approximate surface area is 81.1 Å². The van der Waals surface area contributed by atoms with Crippen LogP contribution >= 0.6 is 15.9 Å². The van der Waals surface area contributed by atoms with Crippen LogP contribution in [-0.2, 0) is 6.42 Å². The maximum atomic E-state index is 5.71. The average molecular weight is 229 g/mol. The van der Waals surface area contributed by atoms with Crippen molar-refractivity contribution in [1.29, 1.82) is 0 Å². The molecule has 0 saturated carbocycles. The lowest BCUT2D eigenvalue weighted by atomic mass is 10.1. The third kappa shape index (κ3) is 2.93. The van der Waals surface area contributed by atoms with Crippen molar-refractivity contribution in [3.8, 4) is 0 Å². The molecule has 1 atom stereocenters. The number of hydrogen-bond acceptors (Lipinski definition) is 2. The van der Waals surface area contributed by atoms with E-state index in [0.29, 0.717) is 6.54 Å². The van der Waals surface area contributed by atoms with Crippen molar-refractivity contribution in [1.82, 2.24) is 0 Å². The highest BCUT2D eigenvalue weighted by atomic mass is 79.9. The second kappa shape index (κ2) is 4.60. The van der Waals surface area contributed by atoms with Crippen molar-refractivity contribution in [2.24, 2.45) is 11.5 Å². The molecular weight excluding hydrogens is 216 g/mol. The Morgan fingerprint density at radius 1 is 1.42 bits per heavy atom. The molecule has 4 N–H and O–H groups in total. The molecule has 3 heteroatoms. The molecule has 0 fully saturated rings. The molecule has 0 spiro atoms. The lowest BCUT2D eigenvalue weighted by Crippen LogP contribution is -2.31. The van der Waals surface area contributed by atoms with E-state index in [2.05, 4.69) is 28.1 Å². The largest absolute Gasteiger partial charge is 0.329 e. The lowest BCUT2D eigenvalue weighted by molar-refractivity contribution is 0.678. The quantitative estimate of drug-likeness (QED) is 0.820. The molecule has 66 valence electrons. The van der Waals surface area contributed by atoms with Crippen LogP contribution < -0.4 is 11.5 Å². The molecule has 0 heterocycles. The van der Waals surface area contributed by atoms with Crippen molar-refractivity contribution in [3.63, 3.8) is 0 Å². The third-order valence-corrected chi connectivity index (χ3v) is 2.18. The molecule has 2 nitrogen and oxygen atoms in total. The fourth-order valence-corrected chi connectivity index (χ4v) is 1.50. The normalized spacial score (nSPS) is 12.9. The summed E-state index contributed by atoms with van der Waals surface area (Å²) in [5, 5.41) is 0. The minimum absolute atomic E-state index is 0.0688. The van der Waals surface area contributed by atoms with Gasteiger partial charge in [0.1, 0.15) is 0 Å². The molecule has 0 aliphatic heterocycles. The van der Waals surface area contributed by atoms with E-state index in [9.17, 15) is 0 Å². The monoisotopic (exact) mass is 228 g/mol. The Morgan fingerprint density at radius 3 is 2.75 bits per heavy atom. The van der Waals surface area contributed by atoms with Gasteiger partial charge in [0.2, 0.25) is 0 Å². The van der Waals surface area contributed by atoms with Crippen molar-refractivity contribution >= 4 is 15.9 Å². The van der Waals surface area contributed by atoms with Crippen molar-refractivity contribution in [2.45, 2.75) is 12.5 Å². The lowest BCUT2D eigenvalue weighted by Gasteiger charge is -2.08. The van der Waals surface area contributed by atoms with E-state index in [-0.39, 0.29) is 6.04 Å². The zero-order valence-electron chi connectivity index (χ0n) is 6.83. The van der Waals surface area contributed by atoms with E-state index < -0.39 is 0 Å². The molecule has 0 unspecified atom stereocenters. The van der Waals surface area contributed by atoms with E-state index in [4.69, 9.17) is 11.5 Å². The Balaban J connectivity index is 2.63. The molecule has 0 amide bonds. The van der Waals surface area contributed by atoms with Gasteiger partial charge in [-0.15, -0.1) is 0 Å². The molecule has 0 bridgehead atoms. The predicted molar refractivity (Wildman–Crippen MR) is 54.9 cm³/mol. The minimum Gasteiger partial charge on any atom is -0.329 e. The number of nitrogens with two attached hydrogens (primary N) is 2. The summed E-state index contributed by atoms with van der Waals surface area (Å²) in [7, 11) is 0. The van der Waals surface area contributed by atoms with Crippen LogP contribution in [0.3, 0.4) is 0 Å². The SMILES string of the molecule is NC[C@@H](N)Cc1cccc(Br)c1. The summed E-state index contributed by atoms with van der Waals surface area (Å²) in [5.41, 5.74) is 12.4. The summed E-state index contributed by atoms with van der Waals surface area (Å²) < 4.78 is 1.09. The molecule has 12 heavy (non-hydrogen) atoms. The first-order chi connectivity index (χ1) is 5.72. The van der Waals surface area contributed by atoms with Crippen LogP contribution in [0.4, 0.5) is 0 Å². The van der Waals surface area contributed by atoms with Crippen LogP contribution in [0.1, 0.15) is 5.56 Å². The fraction of sp³-hybridized carbons (Fsp3) is 0.333. The first kappa shape index (κ1) is 9.71. The van der Waals surface area contributed by atoms with E-state index in [0.717, 1.165) is 10.9 Å². The summed E-state index contributed by atoms with van der Waals surface area (Å²) in [6.07, 6.45) is 0.843. The fourth-order valence-electron chi connectivity index (χ4n) is 1.05. The highest BCUT2D eigenvalue weighted by molar-refractivity contribution is 9.10. The van der Waals surface area contributed by atoms with Crippen molar-refractivity contribution in [2.75, 3.05) is 6.54 Å². The van der Waals surface area contributed by atoms with Gasteiger partial charge in [0.15, 0.2) is 0 Å². The molecule has 0 aliphatic rings. The molecular formula is C9H13BrN2. The van der Waals surface area contributed by atoms with E-state index >= 15 is 0 Å². The van der Waals surface area contributed by atoms with Gasteiger partial charge in [-0.1, -0.05) is 28.1 Å². The molecule has 0 aromatic heterocycles. The third-order valence-electron chi connectivity index (χ3n) is 1.69. The van der Waals surface area contributed by atoms with Gasteiger partial charge in [0.25, 0.3) is 0 Å². The first-order valence-electron chi connectivity index (χ1n) is 3.92. The maximum Gasteiger partial charge on any atom is 0.0203 e. The molecule has 0 radical (unpaired) electrons. The highest BCUT2D eigenvalue weighted by Gasteiger charge is 2.00. The minimum atomic E-state index is 0.0688. The molecule has 0 aliphatic carbocycles. The highest BCUT2D eigenvalue weighted by Crippen LogP contribution is 2.12. The molecule has 0 saturated heterocycles. The average Bonchev–Trinajstić information content (AvgIpc) is 2.04. The van der Waals surface area contributed by atoms with Crippen molar-refractivity contribution in [3.05, 3.63) is 34.3 Å². The summed E-state index contributed by atoms with van der Waals surface area (Å²) in [6, 6.07) is 8.19. The van der Waals surface area contributed by atoms with Gasteiger partial charge in [0.05, 0.1) is 0 Å². The summed E-state index contributed by atoms with van der Waals surface area (Å²) in [5.74, 6) is 0. The smallest absolute Gasteiger partial charge is 0.0203 e. The maximum absolute atomic E-state index is 5.71. The summed E-state index contributed by atoms with van der Waals surface area (Å²) >= 11 is 3.40. The van der Waals surface area contributed by atoms with Crippen LogP contribution in [0, 0.1) is 0 Å². The number of hydrogen-bond donors (Lipinski definition) is 2. The topological polar surface area (TPSA) is 52.0 Å². The van der Waals surface area contributed by atoms with Gasteiger partial charge in [-0.3, -0.25) is 0 Å². The zero-order valence-corrected chi connectivity index (χ0v) is 8.42. The van der Waals surface area contributed by atoms with Gasteiger partial charge < -0.3 is 11.5 Å². The van der Waals surface area contributed by atoms with Gasteiger partial charge in [-0.05, 0) is 24.1 Å². The van der Waals surface area contributed by atoms with Gasteiger partial charge in [-0.25, -0.2) is 0 Å². The Bertz CT molecular complexity index is 250. The summed E-state index contributed by atoms with van der Waals surface area (Å²) in [4.78, 5) is 0. The Morgan fingerprint density at radius 2 is 2.17 bits per heavy atom.